The number of ether oxygens (including phenoxy) is 2. The van der Waals surface area contributed by atoms with E-state index >= 15 is 0 Å². The van der Waals surface area contributed by atoms with Gasteiger partial charge in [-0.15, -0.1) is 0 Å². The minimum absolute atomic E-state index is 0.0767. The number of hydrogen-bond donors (Lipinski definition) is 1. The van der Waals surface area contributed by atoms with Crippen molar-refractivity contribution >= 4 is 0 Å². The van der Waals surface area contributed by atoms with Crippen molar-refractivity contribution in [3.05, 3.63) is 0 Å². The highest BCUT2D eigenvalue weighted by molar-refractivity contribution is 4.97. The highest BCUT2D eigenvalue weighted by atomic mass is 16.6. The van der Waals surface area contributed by atoms with E-state index in [0.717, 1.165) is 39.1 Å². The summed E-state index contributed by atoms with van der Waals surface area (Å²) in [4.78, 5) is 0. The molecule has 4 unspecified atom stereocenters. The molecule has 2 aliphatic heterocycles. The zero-order chi connectivity index (χ0) is 13.5. The Labute approximate surface area is 116 Å². The largest absolute Gasteiger partial charge is 0.393 e. The van der Waals surface area contributed by atoms with Gasteiger partial charge in [-0.2, -0.15) is 0 Å². The van der Waals surface area contributed by atoms with Gasteiger partial charge in [0.25, 0.3) is 0 Å². The summed E-state index contributed by atoms with van der Waals surface area (Å²) in [7, 11) is 0. The molecule has 1 spiro atoms. The molecule has 0 amide bonds. The predicted molar refractivity (Wildman–Crippen MR) is 74.0 cm³/mol. The van der Waals surface area contributed by atoms with E-state index in [9.17, 15) is 5.11 Å². The van der Waals surface area contributed by atoms with Gasteiger partial charge in [0.15, 0.2) is 0 Å². The van der Waals surface area contributed by atoms with Crippen molar-refractivity contribution in [1.29, 1.82) is 0 Å². The second kappa shape index (κ2) is 5.01. The molecule has 2 saturated heterocycles. The summed E-state index contributed by atoms with van der Waals surface area (Å²) in [5, 5.41) is 10.9. The van der Waals surface area contributed by atoms with E-state index in [-0.39, 0.29) is 11.7 Å². The van der Waals surface area contributed by atoms with Crippen LogP contribution in [0, 0.1) is 17.3 Å². The van der Waals surface area contributed by atoms with Crippen LogP contribution in [0.5, 0.6) is 0 Å². The zero-order valence-electron chi connectivity index (χ0n) is 12.4. The molecular formula is C16H28O3. The maximum absolute atomic E-state index is 10.9. The van der Waals surface area contributed by atoms with Gasteiger partial charge in [-0.25, -0.2) is 0 Å². The van der Waals surface area contributed by atoms with E-state index in [1.54, 1.807) is 0 Å². The van der Waals surface area contributed by atoms with Gasteiger partial charge in [-0.3, -0.25) is 0 Å². The first kappa shape index (κ1) is 13.8. The Kier molecular flexibility index (Phi) is 3.65. The van der Waals surface area contributed by atoms with Crippen molar-refractivity contribution in [3.8, 4) is 0 Å². The molecule has 3 aliphatic rings. The summed E-state index contributed by atoms with van der Waals surface area (Å²) in [6, 6.07) is 0. The van der Waals surface area contributed by atoms with Crippen molar-refractivity contribution < 1.29 is 14.6 Å². The molecule has 0 bridgehead atoms. The second-order valence-electron chi connectivity index (χ2n) is 7.56. The van der Waals surface area contributed by atoms with E-state index in [0.29, 0.717) is 17.3 Å². The first-order valence-electron chi connectivity index (χ1n) is 7.92. The molecule has 0 aromatic rings. The Morgan fingerprint density at radius 3 is 2.63 bits per heavy atom. The fourth-order valence-corrected chi connectivity index (χ4v) is 4.54. The number of aliphatic hydroxyl groups excluding tert-OH is 1. The first-order valence-corrected chi connectivity index (χ1v) is 7.92. The summed E-state index contributed by atoms with van der Waals surface area (Å²) in [6.45, 7) is 6.98. The zero-order valence-corrected chi connectivity index (χ0v) is 12.4. The van der Waals surface area contributed by atoms with E-state index < -0.39 is 0 Å². The molecule has 1 N–H and O–H groups in total. The molecule has 4 atom stereocenters. The van der Waals surface area contributed by atoms with E-state index in [1.807, 2.05) is 0 Å². The van der Waals surface area contributed by atoms with Crippen LogP contribution < -0.4 is 0 Å². The lowest BCUT2D eigenvalue weighted by molar-refractivity contribution is -0.128. The highest BCUT2D eigenvalue weighted by Gasteiger charge is 2.47. The molecule has 0 aromatic heterocycles. The van der Waals surface area contributed by atoms with Crippen LogP contribution in [0.1, 0.15) is 52.4 Å². The van der Waals surface area contributed by atoms with Crippen LogP contribution in [0.25, 0.3) is 0 Å². The Morgan fingerprint density at radius 2 is 2.00 bits per heavy atom. The second-order valence-corrected chi connectivity index (χ2v) is 7.56. The van der Waals surface area contributed by atoms with Gasteiger partial charge in [-0.1, -0.05) is 20.3 Å². The van der Waals surface area contributed by atoms with Crippen molar-refractivity contribution in [1.82, 2.24) is 0 Å². The minimum atomic E-state index is -0.154. The van der Waals surface area contributed by atoms with Crippen LogP contribution in [0.15, 0.2) is 0 Å². The standard InChI is InChI=1S/C16H28O3/c1-15(2)6-3-4-13(15)14(17)12-5-8-19-16(10-12)7-9-18-11-16/h12-14,17H,3-11H2,1-2H3. The SMILES string of the molecule is CC1(C)CCCC1C(O)C1CCOC2(CCOC2)C1. The maximum Gasteiger partial charge on any atom is 0.0940 e. The molecule has 3 rings (SSSR count). The topological polar surface area (TPSA) is 38.7 Å². The number of aliphatic hydroxyl groups is 1. The third kappa shape index (κ3) is 2.57. The maximum atomic E-state index is 10.9. The molecule has 3 heteroatoms. The Balaban J connectivity index is 1.68. The molecule has 110 valence electrons. The molecule has 19 heavy (non-hydrogen) atoms. The quantitative estimate of drug-likeness (QED) is 0.837. The molecule has 0 radical (unpaired) electrons. The van der Waals surface area contributed by atoms with Crippen LogP contribution in [-0.2, 0) is 9.47 Å². The summed E-state index contributed by atoms with van der Waals surface area (Å²) in [5.74, 6) is 0.868. The predicted octanol–water partition coefficient (Wildman–Crippen LogP) is 2.76. The van der Waals surface area contributed by atoms with Gasteiger partial charge in [0, 0.05) is 19.6 Å². The van der Waals surface area contributed by atoms with Crippen LogP contribution >= 0.6 is 0 Å². The first-order chi connectivity index (χ1) is 9.03. The van der Waals surface area contributed by atoms with E-state index in [2.05, 4.69) is 13.8 Å². The molecular weight excluding hydrogens is 240 g/mol. The fourth-order valence-electron chi connectivity index (χ4n) is 4.54. The Bertz CT molecular complexity index is 320. The van der Waals surface area contributed by atoms with Crippen LogP contribution in [0.3, 0.4) is 0 Å². The highest BCUT2D eigenvalue weighted by Crippen LogP contribution is 2.48. The Morgan fingerprint density at radius 1 is 1.16 bits per heavy atom. The summed E-state index contributed by atoms with van der Waals surface area (Å²) >= 11 is 0. The average molecular weight is 268 g/mol. The lowest BCUT2D eigenvalue weighted by Crippen LogP contribution is -2.46. The lowest BCUT2D eigenvalue weighted by Gasteiger charge is -2.42. The molecule has 1 saturated carbocycles. The van der Waals surface area contributed by atoms with Gasteiger partial charge < -0.3 is 14.6 Å². The number of hydrogen-bond acceptors (Lipinski definition) is 3. The monoisotopic (exact) mass is 268 g/mol. The van der Waals surface area contributed by atoms with Gasteiger partial charge in [0.1, 0.15) is 0 Å². The van der Waals surface area contributed by atoms with E-state index in [4.69, 9.17) is 9.47 Å². The summed E-state index contributed by atoms with van der Waals surface area (Å²) in [5.41, 5.74) is 0.226. The molecule has 2 heterocycles. The van der Waals surface area contributed by atoms with Crippen molar-refractivity contribution in [2.24, 2.45) is 17.3 Å². The summed E-state index contributed by atoms with van der Waals surface area (Å²) in [6.07, 6.45) is 6.56. The van der Waals surface area contributed by atoms with Gasteiger partial charge >= 0.3 is 0 Å². The van der Waals surface area contributed by atoms with Crippen LogP contribution in [0.4, 0.5) is 0 Å². The number of rotatable bonds is 2. The lowest BCUT2D eigenvalue weighted by atomic mass is 9.71. The van der Waals surface area contributed by atoms with Crippen LogP contribution in [0.2, 0.25) is 0 Å². The van der Waals surface area contributed by atoms with E-state index in [1.165, 1.54) is 19.3 Å². The minimum Gasteiger partial charge on any atom is -0.393 e. The molecule has 0 aromatic carbocycles. The van der Waals surface area contributed by atoms with Crippen LogP contribution in [-0.4, -0.2) is 36.6 Å². The average Bonchev–Trinajstić information content (AvgIpc) is 2.95. The normalized spacial score (nSPS) is 43.7. The third-order valence-corrected chi connectivity index (χ3v) is 5.83. The molecule has 3 nitrogen and oxygen atoms in total. The van der Waals surface area contributed by atoms with Crippen molar-refractivity contribution in [2.45, 2.75) is 64.1 Å². The van der Waals surface area contributed by atoms with Crippen molar-refractivity contribution in [3.63, 3.8) is 0 Å². The Hall–Kier alpha value is -0.120. The van der Waals surface area contributed by atoms with Gasteiger partial charge in [-0.05, 0) is 42.9 Å². The smallest absolute Gasteiger partial charge is 0.0940 e. The van der Waals surface area contributed by atoms with Crippen molar-refractivity contribution in [2.75, 3.05) is 19.8 Å². The third-order valence-electron chi connectivity index (χ3n) is 5.83. The van der Waals surface area contributed by atoms with Gasteiger partial charge in [0.05, 0.1) is 18.3 Å². The fraction of sp³-hybridized carbons (Fsp3) is 1.00. The molecule has 3 fully saturated rings. The molecule has 1 aliphatic carbocycles. The summed E-state index contributed by atoms with van der Waals surface area (Å²) < 4.78 is 11.5. The van der Waals surface area contributed by atoms with Gasteiger partial charge in [0.2, 0.25) is 0 Å².